The Kier molecular flexibility index (Phi) is 5.56. The Morgan fingerprint density at radius 3 is 0.909 bits per heavy atom. The Balaban J connectivity index is 0. The lowest BCUT2D eigenvalue weighted by Gasteiger charge is -2.08. The zero-order valence-corrected chi connectivity index (χ0v) is 9.28. The van der Waals surface area contributed by atoms with E-state index in [4.69, 9.17) is 0 Å². The van der Waals surface area contributed by atoms with E-state index in [1.54, 1.807) is 0 Å². The molecule has 0 bridgehead atoms. The molecule has 0 nitrogen and oxygen atoms in total. The van der Waals surface area contributed by atoms with E-state index in [-0.39, 0.29) is 0 Å². The van der Waals surface area contributed by atoms with Gasteiger partial charge in [-0.05, 0) is 10.8 Å². The van der Waals surface area contributed by atoms with Crippen LogP contribution in [0.4, 0.5) is 0 Å². The standard InChI is InChI=1S/C6H12.C5H12/c1-5-6(2,3)4;1-5(2,3)4/h5H,1H2,2-4H3;1-4H3. The maximum atomic E-state index is 3.63. The predicted octanol–water partition coefficient (Wildman–Crippen LogP) is 4.27. The largest absolute Gasteiger partial charge is 0.103 e. The van der Waals surface area contributed by atoms with Crippen molar-refractivity contribution in [2.45, 2.75) is 48.5 Å². The van der Waals surface area contributed by atoms with Crippen molar-refractivity contribution in [1.82, 2.24) is 0 Å². The molecule has 0 amide bonds. The predicted molar refractivity (Wildman–Crippen MR) is 54.8 cm³/mol. The molecular formula is C11H24. The van der Waals surface area contributed by atoms with Crippen molar-refractivity contribution in [3.63, 3.8) is 0 Å². The van der Waals surface area contributed by atoms with Gasteiger partial charge in [-0.25, -0.2) is 0 Å². The van der Waals surface area contributed by atoms with Crippen LogP contribution in [0.2, 0.25) is 0 Å². The van der Waals surface area contributed by atoms with Gasteiger partial charge in [0.2, 0.25) is 0 Å². The molecule has 0 spiro atoms. The smallest absolute Gasteiger partial charge is 0.0206 e. The van der Waals surface area contributed by atoms with Crippen LogP contribution in [0.3, 0.4) is 0 Å². The van der Waals surface area contributed by atoms with Crippen LogP contribution in [0, 0.1) is 10.8 Å². The zero-order valence-electron chi connectivity index (χ0n) is 9.28. The Morgan fingerprint density at radius 1 is 0.818 bits per heavy atom. The molecule has 0 rings (SSSR count). The summed E-state index contributed by atoms with van der Waals surface area (Å²) < 4.78 is 0. The molecule has 0 unspecified atom stereocenters. The van der Waals surface area contributed by atoms with Crippen LogP contribution < -0.4 is 0 Å². The van der Waals surface area contributed by atoms with Gasteiger partial charge in [0.1, 0.15) is 0 Å². The van der Waals surface area contributed by atoms with E-state index in [0.717, 1.165) is 0 Å². The first kappa shape index (κ1) is 13.3. The third kappa shape index (κ3) is 77.7. The molecule has 11 heavy (non-hydrogen) atoms. The molecule has 0 aromatic carbocycles. The van der Waals surface area contributed by atoms with Gasteiger partial charge < -0.3 is 0 Å². The summed E-state index contributed by atoms with van der Waals surface area (Å²) in [5, 5.41) is 0. The number of allylic oxidation sites excluding steroid dienone is 1. The Bertz CT molecular complexity index is 90.2. The van der Waals surface area contributed by atoms with Gasteiger partial charge in [-0.15, -0.1) is 6.58 Å². The lowest BCUT2D eigenvalue weighted by Crippen LogP contribution is -1.96. The summed E-state index contributed by atoms with van der Waals surface area (Å²) in [5.41, 5.74) is 0.806. The van der Waals surface area contributed by atoms with Crippen molar-refractivity contribution < 1.29 is 0 Å². The van der Waals surface area contributed by atoms with Crippen LogP contribution in [-0.4, -0.2) is 0 Å². The van der Waals surface area contributed by atoms with Gasteiger partial charge in [0.15, 0.2) is 0 Å². The van der Waals surface area contributed by atoms with Gasteiger partial charge in [-0.3, -0.25) is 0 Å². The summed E-state index contributed by atoms with van der Waals surface area (Å²) in [6.07, 6.45) is 1.94. The van der Waals surface area contributed by atoms with Crippen LogP contribution >= 0.6 is 0 Å². The first-order valence-electron chi connectivity index (χ1n) is 4.20. The topological polar surface area (TPSA) is 0 Å². The average Bonchev–Trinajstić information content (AvgIpc) is 1.59. The maximum absolute atomic E-state index is 3.63. The van der Waals surface area contributed by atoms with Crippen molar-refractivity contribution >= 4 is 0 Å². The van der Waals surface area contributed by atoms with Gasteiger partial charge in [-0.1, -0.05) is 54.5 Å². The van der Waals surface area contributed by atoms with Gasteiger partial charge in [0, 0.05) is 0 Å². The molecule has 0 aromatic rings. The van der Waals surface area contributed by atoms with Crippen molar-refractivity contribution in [3.8, 4) is 0 Å². The molecule has 0 saturated heterocycles. The highest BCUT2D eigenvalue weighted by Crippen LogP contribution is 2.11. The molecule has 0 heteroatoms. The highest BCUT2D eigenvalue weighted by Gasteiger charge is 1.99. The SMILES string of the molecule is C=CC(C)(C)C.CC(C)(C)C. The Labute approximate surface area is 72.7 Å². The van der Waals surface area contributed by atoms with E-state index < -0.39 is 0 Å². The molecule has 0 aromatic heterocycles. The number of hydrogen-bond donors (Lipinski definition) is 0. The molecule has 0 radical (unpaired) electrons. The Hall–Kier alpha value is -0.260. The van der Waals surface area contributed by atoms with Gasteiger partial charge in [0.05, 0.1) is 0 Å². The average molecular weight is 156 g/mol. The van der Waals surface area contributed by atoms with E-state index in [1.807, 2.05) is 6.08 Å². The summed E-state index contributed by atoms with van der Waals surface area (Å²) >= 11 is 0. The molecule has 0 N–H and O–H groups in total. The zero-order chi connectivity index (χ0) is 9.71. The second kappa shape index (κ2) is 4.58. The minimum Gasteiger partial charge on any atom is -0.103 e. The first-order valence-corrected chi connectivity index (χ1v) is 4.20. The van der Waals surface area contributed by atoms with Crippen LogP contribution in [0.5, 0.6) is 0 Å². The molecule has 0 atom stereocenters. The first-order chi connectivity index (χ1) is 4.56. The van der Waals surface area contributed by atoms with Gasteiger partial charge >= 0.3 is 0 Å². The summed E-state index contributed by atoms with van der Waals surface area (Å²) in [5.74, 6) is 0. The minimum atomic E-state index is 0.306. The fourth-order valence-electron chi connectivity index (χ4n) is 0. The van der Waals surface area contributed by atoms with Crippen molar-refractivity contribution in [3.05, 3.63) is 12.7 Å². The lowest BCUT2D eigenvalue weighted by atomic mass is 9.98. The highest BCUT2D eigenvalue weighted by molar-refractivity contribution is 4.82. The molecule has 0 saturated carbocycles. The van der Waals surface area contributed by atoms with E-state index >= 15 is 0 Å². The van der Waals surface area contributed by atoms with E-state index in [1.165, 1.54) is 0 Å². The van der Waals surface area contributed by atoms with E-state index in [9.17, 15) is 0 Å². The van der Waals surface area contributed by atoms with Crippen LogP contribution in [0.15, 0.2) is 12.7 Å². The van der Waals surface area contributed by atoms with Crippen LogP contribution in [-0.2, 0) is 0 Å². The summed E-state index contributed by atoms with van der Waals surface area (Å²) in [6.45, 7) is 18.8. The molecule has 68 valence electrons. The molecule has 0 fully saturated rings. The number of rotatable bonds is 0. The second-order valence-electron chi connectivity index (χ2n) is 5.57. The lowest BCUT2D eigenvalue weighted by molar-refractivity contribution is 0.469. The van der Waals surface area contributed by atoms with E-state index in [0.29, 0.717) is 10.8 Å². The Morgan fingerprint density at radius 2 is 0.909 bits per heavy atom. The van der Waals surface area contributed by atoms with Gasteiger partial charge in [-0.2, -0.15) is 0 Å². The third-order valence-electron chi connectivity index (χ3n) is 0.612. The normalized spacial score (nSPS) is 11.5. The molecule has 0 aliphatic rings. The fraction of sp³-hybridized carbons (Fsp3) is 0.818. The molecule has 0 aliphatic carbocycles. The summed E-state index contributed by atoms with van der Waals surface area (Å²) in [6, 6.07) is 0. The quantitative estimate of drug-likeness (QED) is 0.459. The third-order valence-corrected chi connectivity index (χ3v) is 0.612. The molecular weight excluding hydrogens is 132 g/mol. The fourth-order valence-corrected chi connectivity index (χ4v) is 0. The highest BCUT2D eigenvalue weighted by atomic mass is 14.0. The van der Waals surface area contributed by atoms with Crippen LogP contribution in [0.25, 0.3) is 0 Å². The monoisotopic (exact) mass is 156 g/mol. The number of hydrogen-bond acceptors (Lipinski definition) is 0. The maximum Gasteiger partial charge on any atom is -0.0206 e. The van der Waals surface area contributed by atoms with Gasteiger partial charge in [0.25, 0.3) is 0 Å². The summed E-state index contributed by atoms with van der Waals surface area (Å²) in [7, 11) is 0. The van der Waals surface area contributed by atoms with Crippen molar-refractivity contribution in [2.75, 3.05) is 0 Å². The van der Waals surface area contributed by atoms with Crippen LogP contribution in [0.1, 0.15) is 48.5 Å². The molecule has 0 aliphatic heterocycles. The van der Waals surface area contributed by atoms with E-state index in [2.05, 4.69) is 55.0 Å². The summed E-state index contributed by atoms with van der Waals surface area (Å²) in [4.78, 5) is 0. The minimum absolute atomic E-state index is 0.306. The second-order valence-corrected chi connectivity index (χ2v) is 5.57. The van der Waals surface area contributed by atoms with Crippen molar-refractivity contribution in [1.29, 1.82) is 0 Å². The molecule has 0 heterocycles. The van der Waals surface area contributed by atoms with Crippen molar-refractivity contribution in [2.24, 2.45) is 10.8 Å².